The van der Waals surface area contributed by atoms with Gasteiger partial charge in [0.05, 0.1) is 14.2 Å². The van der Waals surface area contributed by atoms with E-state index in [-0.39, 0.29) is 23.2 Å². The van der Waals surface area contributed by atoms with Crippen LogP contribution in [0.4, 0.5) is 9.18 Å². The molecule has 0 aliphatic carbocycles. The van der Waals surface area contributed by atoms with E-state index in [9.17, 15) is 9.18 Å². The second-order valence-corrected chi connectivity index (χ2v) is 7.97. The summed E-state index contributed by atoms with van der Waals surface area (Å²) >= 11 is 0. The van der Waals surface area contributed by atoms with Crippen LogP contribution in [0.25, 0.3) is 0 Å². The zero-order valence-corrected chi connectivity index (χ0v) is 18.5. The van der Waals surface area contributed by atoms with Crippen LogP contribution in [0.5, 0.6) is 17.2 Å². The third-order valence-corrected chi connectivity index (χ3v) is 6.05. The number of halogens is 1. The van der Waals surface area contributed by atoms with E-state index in [0.29, 0.717) is 43.6 Å². The zero-order chi connectivity index (χ0) is 22.4. The number of amides is 1. The van der Waals surface area contributed by atoms with Gasteiger partial charge in [0.2, 0.25) is 0 Å². The Morgan fingerprint density at radius 1 is 1.10 bits per heavy atom. The van der Waals surface area contributed by atoms with E-state index in [1.54, 1.807) is 24.1 Å². The second-order valence-electron chi connectivity index (χ2n) is 7.97. The lowest BCUT2D eigenvalue weighted by Gasteiger charge is -2.29. The molecule has 1 amide bonds. The van der Waals surface area contributed by atoms with Crippen molar-refractivity contribution in [2.45, 2.75) is 26.2 Å². The lowest BCUT2D eigenvalue weighted by molar-refractivity contribution is 0.128. The van der Waals surface area contributed by atoms with Crippen molar-refractivity contribution in [3.05, 3.63) is 53.8 Å². The first-order chi connectivity index (χ1) is 14.9. The number of nitrogens with zero attached hydrogens (tertiary/aromatic N) is 1. The molecule has 1 aliphatic rings. The molecular weight excluding hydrogens is 401 g/mol. The van der Waals surface area contributed by atoms with Gasteiger partial charge in [0.25, 0.3) is 0 Å². The molecule has 168 valence electrons. The summed E-state index contributed by atoms with van der Waals surface area (Å²) < 4.78 is 34.9. The molecular formula is C24H30FNO5. The van der Waals surface area contributed by atoms with Crippen molar-refractivity contribution in [2.75, 3.05) is 40.5 Å². The monoisotopic (exact) mass is 431 g/mol. The molecule has 31 heavy (non-hydrogen) atoms. The summed E-state index contributed by atoms with van der Waals surface area (Å²) in [6.07, 6.45) is 0.629. The SMILES string of the molecule is CC[C@]1(C)CN(C(=O)OC)C[C@H]1c1ccc(OC)c(OCCOc2ccc(F)cc2)c1. The van der Waals surface area contributed by atoms with E-state index in [1.807, 2.05) is 18.2 Å². The summed E-state index contributed by atoms with van der Waals surface area (Å²) in [4.78, 5) is 13.9. The first-order valence-electron chi connectivity index (χ1n) is 10.4. The molecule has 2 aromatic carbocycles. The Morgan fingerprint density at radius 2 is 1.81 bits per heavy atom. The van der Waals surface area contributed by atoms with Gasteiger partial charge in [-0.1, -0.05) is 19.9 Å². The summed E-state index contributed by atoms with van der Waals surface area (Å²) in [7, 11) is 3.01. The van der Waals surface area contributed by atoms with Gasteiger partial charge in [0, 0.05) is 19.0 Å². The molecule has 1 aliphatic heterocycles. The normalized spacial score (nSPS) is 20.4. The molecule has 0 saturated carbocycles. The van der Waals surface area contributed by atoms with Crippen molar-refractivity contribution in [3.63, 3.8) is 0 Å². The number of carbonyl (C=O) groups is 1. The van der Waals surface area contributed by atoms with E-state index in [4.69, 9.17) is 18.9 Å². The summed E-state index contributed by atoms with van der Waals surface area (Å²) in [5, 5.41) is 0. The molecule has 2 aromatic rings. The average Bonchev–Trinajstić information content (AvgIpc) is 3.15. The van der Waals surface area contributed by atoms with Gasteiger partial charge in [-0.3, -0.25) is 0 Å². The molecule has 0 bridgehead atoms. The largest absolute Gasteiger partial charge is 0.493 e. The maximum atomic E-state index is 13.0. The minimum atomic E-state index is -0.304. The molecule has 0 N–H and O–H groups in total. The highest BCUT2D eigenvalue weighted by molar-refractivity contribution is 5.68. The van der Waals surface area contributed by atoms with Gasteiger partial charge in [-0.2, -0.15) is 0 Å². The van der Waals surface area contributed by atoms with Gasteiger partial charge >= 0.3 is 6.09 Å². The molecule has 6 nitrogen and oxygen atoms in total. The molecule has 0 spiro atoms. The van der Waals surface area contributed by atoms with Gasteiger partial charge in [-0.25, -0.2) is 9.18 Å². The minimum Gasteiger partial charge on any atom is -0.493 e. The van der Waals surface area contributed by atoms with Gasteiger partial charge < -0.3 is 23.8 Å². The molecule has 1 fully saturated rings. The van der Waals surface area contributed by atoms with Crippen molar-refractivity contribution >= 4 is 6.09 Å². The molecule has 2 atom stereocenters. The van der Waals surface area contributed by atoms with Crippen LogP contribution in [-0.4, -0.2) is 51.5 Å². The number of carbonyl (C=O) groups excluding carboxylic acids is 1. The molecule has 1 heterocycles. The highest BCUT2D eigenvalue weighted by Gasteiger charge is 2.44. The Kier molecular flexibility index (Phi) is 7.25. The molecule has 1 saturated heterocycles. The van der Waals surface area contributed by atoms with Crippen molar-refractivity contribution in [2.24, 2.45) is 5.41 Å². The quantitative estimate of drug-likeness (QED) is 0.558. The van der Waals surface area contributed by atoms with Crippen LogP contribution < -0.4 is 14.2 Å². The fraction of sp³-hybridized carbons (Fsp3) is 0.458. The van der Waals surface area contributed by atoms with Gasteiger partial charge in [0.15, 0.2) is 11.5 Å². The number of ether oxygens (including phenoxy) is 4. The summed E-state index contributed by atoms with van der Waals surface area (Å²) in [5.74, 6) is 1.68. The standard InChI is InChI=1S/C24H30FNO5/c1-5-24(2)16-26(23(27)29-4)15-20(24)17-6-11-21(28-3)22(14-17)31-13-12-30-19-9-7-18(25)8-10-19/h6-11,14,20H,5,12-13,15-16H2,1-4H3/t20-,24+/m0/s1. The Balaban J connectivity index is 1.70. The summed E-state index contributed by atoms with van der Waals surface area (Å²) in [6.45, 7) is 6.20. The van der Waals surface area contributed by atoms with Crippen LogP contribution in [-0.2, 0) is 4.74 Å². The van der Waals surface area contributed by atoms with E-state index in [1.165, 1.54) is 19.2 Å². The topological polar surface area (TPSA) is 57.2 Å². The lowest BCUT2D eigenvalue weighted by Crippen LogP contribution is -2.30. The maximum absolute atomic E-state index is 13.0. The Labute approximate surface area is 182 Å². The third-order valence-electron chi connectivity index (χ3n) is 6.05. The number of rotatable bonds is 8. The highest BCUT2D eigenvalue weighted by Crippen LogP contribution is 2.46. The van der Waals surface area contributed by atoms with Crippen LogP contribution in [0.2, 0.25) is 0 Å². The molecule has 3 rings (SSSR count). The van der Waals surface area contributed by atoms with E-state index in [0.717, 1.165) is 12.0 Å². The van der Waals surface area contributed by atoms with Gasteiger partial charge in [-0.15, -0.1) is 0 Å². The zero-order valence-electron chi connectivity index (χ0n) is 18.5. The van der Waals surface area contributed by atoms with Crippen molar-refractivity contribution < 1.29 is 28.1 Å². The number of methoxy groups -OCH3 is 2. The van der Waals surface area contributed by atoms with Gasteiger partial charge in [0.1, 0.15) is 24.8 Å². The smallest absolute Gasteiger partial charge is 0.409 e. The van der Waals surface area contributed by atoms with E-state index in [2.05, 4.69) is 13.8 Å². The van der Waals surface area contributed by atoms with Crippen molar-refractivity contribution in [3.8, 4) is 17.2 Å². The highest BCUT2D eigenvalue weighted by atomic mass is 19.1. The van der Waals surface area contributed by atoms with Crippen molar-refractivity contribution in [1.82, 2.24) is 4.90 Å². The fourth-order valence-electron chi connectivity index (χ4n) is 4.05. The Bertz CT molecular complexity index is 888. The number of hydrogen-bond acceptors (Lipinski definition) is 5. The van der Waals surface area contributed by atoms with Crippen molar-refractivity contribution in [1.29, 1.82) is 0 Å². The predicted molar refractivity (Wildman–Crippen MR) is 116 cm³/mol. The molecule has 0 radical (unpaired) electrons. The predicted octanol–water partition coefficient (Wildman–Crippen LogP) is 4.87. The van der Waals surface area contributed by atoms with E-state index >= 15 is 0 Å². The molecule has 0 unspecified atom stereocenters. The number of likely N-dealkylation sites (tertiary alicyclic amines) is 1. The molecule has 0 aromatic heterocycles. The van der Waals surface area contributed by atoms with Crippen LogP contribution >= 0.6 is 0 Å². The average molecular weight is 432 g/mol. The Morgan fingerprint density at radius 3 is 2.45 bits per heavy atom. The number of hydrogen-bond donors (Lipinski definition) is 0. The van der Waals surface area contributed by atoms with Crippen LogP contribution in [0, 0.1) is 11.2 Å². The first-order valence-corrected chi connectivity index (χ1v) is 10.4. The third kappa shape index (κ3) is 5.21. The van der Waals surface area contributed by atoms with Crippen LogP contribution in [0.15, 0.2) is 42.5 Å². The van der Waals surface area contributed by atoms with Gasteiger partial charge in [-0.05, 0) is 53.8 Å². The fourth-order valence-corrected chi connectivity index (χ4v) is 4.05. The lowest BCUT2D eigenvalue weighted by atomic mass is 9.74. The Hall–Kier alpha value is -2.96. The number of benzene rings is 2. The van der Waals surface area contributed by atoms with Crippen LogP contribution in [0.1, 0.15) is 31.7 Å². The summed E-state index contributed by atoms with van der Waals surface area (Å²) in [6, 6.07) is 11.8. The van der Waals surface area contributed by atoms with E-state index < -0.39 is 0 Å². The van der Waals surface area contributed by atoms with Crippen LogP contribution in [0.3, 0.4) is 0 Å². The second kappa shape index (κ2) is 9.90. The molecule has 7 heteroatoms. The maximum Gasteiger partial charge on any atom is 0.409 e. The summed E-state index contributed by atoms with van der Waals surface area (Å²) in [5.41, 5.74) is 1.03. The first kappa shape index (κ1) is 22.7. The minimum absolute atomic E-state index is 0.0637.